The second kappa shape index (κ2) is 7.76. The molecule has 0 atom stereocenters. The Balaban J connectivity index is 1.10. The zero-order valence-electron chi connectivity index (χ0n) is 20.9. The summed E-state index contributed by atoms with van der Waals surface area (Å²) in [6, 6.07) is 15.1. The average molecular weight is 482 g/mol. The lowest BCUT2D eigenvalue weighted by Gasteiger charge is -2.41. The van der Waals surface area contributed by atoms with Gasteiger partial charge in [0.2, 0.25) is 5.91 Å². The van der Waals surface area contributed by atoms with Crippen LogP contribution >= 0.6 is 0 Å². The molecular weight excluding hydrogens is 450 g/mol. The summed E-state index contributed by atoms with van der Waals surface area (Å²) < 4.78 is 2.00. The summed E-state index contributed by atoms with van der Waals surface area (Å²) in [5, 5.41) is 5.78. The van der Waals surface area contributed by atoms with Gasteiger partial charge in [-0.3, -0.25) is 24.2 Å². The third-order valence-corrected chi connectivity index (χ3v) is 8.11. The summed E-state index contributed by atoms with van der Waals surface area (Å²) >= 11 is 0. The van der Waals surface area contributed by atoms with Crippen LogP contribution in [0.25, 0.3) is 22.0 Å². The smallest absolute Gasteiger partial charge is 0.256 e. The minimum absolute atomic E-state index is 0.140. The van der Waals surface area contributed by atoms with Gasteiger partial charge in [0, 0.05) is 54.7 Å². The van der Waals surface area contributed by atoms with E-state index < -0.39 is 5.54 Å². The number of hydrogen-bond donors (Lipinski definition) is 0. The molecule has 1 aromatic heterocycles. The molecule has 36 heavy (non-hydrogen) atoms. The Labute approximate surface area is 210 Å². The fourth-order valence-electron chi connectivity index (χ4n) is 5.50. The van der Waals surface area contributed by atoms with Crippen molar-refractivity contribution in [2.75, 3.05) is 19.6 Å². The van der Waals surface area contributed by atoms with E-state index in [-0.39, 0.29) is 11.8 Å². The van der Waals surface area contributed by atoms with Crippen molar-refractivity contribution in [3.8, 4) is 11.1 Å². The molecular formula is C29H31N5O2. The van der Waals surface area contributed by atoms with Gasteiger partial charge >= 0.3 is 0 Å². The van der Waals surface area contributed by atoms with Gasteiger partial charge < -0.3 is 4.90 Å². The Kier molecular flexibility index (Phi) is 4.69. The van der Waals surface area contributed by atoms with Crippen molar-refractivity contribution in [3.05, 3.63) is 54.2 Å². The summed E-state index contributed by atoms with van der Waals surface area (Å²) in [6.45, 7) is 6.42. The van der Waals surface area contributed by atoms with Gasteiger partial charge in [-0.15, -0.1) is 0 Å². The van der Waals surface area contributed by atoms with Crippen molar-refractivity contribution in [2.45, 2.75) is 51.1 Å². The Morgan fingerprint density at radius 3 is 2.39 bits per heavy atom. The van der Waals surface area contributed by atoms with E-state index in [2.05, 4.69) is 67.6 Å². The van der Waals surface area contributed by atoms with Crippen LogP contribution in [-0.4, -0.2) is 62.4 Å². The van der Waals surface area contributed by atoms with Gasteiger partial charge in [0.1, 0.15) is 11.4 Å². The van der Waals surface area contributed by atoms with Crippen LogP contribution in [0.15, 0.2) is 53.7 Å². The van der Waals surface area contributed by atoms with Crippen molar-refractivity contribution in [1.82, 2.24) is 19.6 Å². The predicted molar refractivity (Wildman–Crippen MR) is 139 cm³/mol. The molecule has 4 aliphatic rings. The summed E-state index contributed by atoms with van der Waals surface area (Å²) in [4.78, 5) is 34.4. The maximum atomic E-state index is 13.3. The molecule has 2 aromatic carbocycles. The number of amides is 2. The second-order valence-electron chi connectivity index (χ2n) is 11.3. The van der Waals surface area contributed by atoms with Gasteiger partial charge in [-0.25, -0.2) is 0 Å². The Morgan fingerprint density at radius 1 is 1.03 bits per heavy atom. The van der Waals surface area contributed by atoms with E-state index in [1.165, 1.54) is 0 Å². The lowest BCUT2D eigenvalue weighted by Crippen LogP contribution is -2.55. The van der Waals surface area contributed by atoms with E-state index in [1.807, 2.05) is 14.5 Å². The Hall–Kier alpha value is -3.48. The highest BCUT2D eigenvalue weighted by molar-refractivity contribution is 6.16. The van der Waals surface area contributed by atoms with E-state index in [9.17, 15) is 9.59 Å². The molecule has 3 aromatic rings. The summed E-state index contributed by atoms with van der Waals surface area (Å²) in [5.74, 6) is 1.83. The molecule has 1 spiro atoms. The van der Waals surface area contributed by atoms with Gasteiger partial charge in [-0.2, -0.15) is 5.10 Å². The number of nitrogens with zero attached hydrogens (tertiary/aromatic N) is 5. The molecule has 3 heterocycles. The van der Waals surface area contributed by atoms with Crippen molar-refractivity contribution in [2.24, 2.45) is 16.8 Å². The molecule has 2 saturated carbocycles. The number of hydrogen-bond acceptors (Lipinski definition) is 4. The molecule has 7 heteroatoms. The molecule has 0 N–H and O–H groups in total. The van der Waals surface area contributed by atoms with Crippen LogP contribution in [0.4, 0.5) is 0 Å². The highest BCUT2D eigenvalue weighted by Crippen LogP contribution is 2.46. The van der Waals surface area contributed by atoms with E-state index in [0.29, 0.717) is 24.4 Å². The van der Waals surface area contributed by atoms with Crippen LogP contribution in [-0.2, 0) is 9.59 Å². The fourth-order valence-corrected chi connectivity index (χ4v) is 5.50. The molecule has 0 radical (unpaired) electrons. The van der Waals surface area contributed by atoms with Gasteiger partial charge in [0.15, 0.2) is 0 Å². The lowest BCUT2D eigenvalue weighted by molar-refractivity contribution is -0.139. The molecule has 2 aliphatic heterocycles. The highest BCUT2D eigenvalue weighted by atomic mass is 16.2. The number of benzene rings is 2. The largest absolute Gasteiger partial charge is 0.342 e. The minimum Gasteiger partial charge on any atom is -0.342 e. The maximum absolute atomic E-state index is 13.3. The van der Waals surface area contributed by atoms with Crippen LogP contribution in [0.1, 0.15) is 51.1 Å². The number of aliphatic imine (C=N–C) groups is 1. The second-order valence-corrected chi connectivity index (χ2v) is 11.3. The van der Waals surface area contributed by atoms with Gasteiger partial charge in [-0.05, 0) is 62.8 Å². The molecule has 184 valence electrons. The van der Waals surface area contributed by atoms with E-state index in [1.54, 1.807) is 0 Å². The molecule has 0 unspecified atom stereocenters. The number of amidine groups is 1. The molecule has 0 bridgehead atoms. The first-order chi connectivity index (χ1) is 17.4. The van der Waals surface area contributed by atoms with E-state index in [0.717, 1.165) is 72.2 Å². The van der Waals surface area contributed by atoms with E-state index in [4.69, 9.17) is 4.99 Å². The van der Waals surface area contributed by atoms with Crippen LogP contribution in [0.5, 0.6) is 0 Å². The SMILES string of the molecule is CC(C)n1cc2cc(-c3ccc(C4=NC5(CC5)C(=O)N4CC4CN(C(=O)C5CC5)C4)cc3)ccc2n1. The van der Waals surface area contributed by atoms with Crippen LogP contribution in [0.3, 0.4) is 0 Å². The van der Waals surface area contributed by atoms with Crippen LogP contribution in [0.2, 0.25) is 0 Å². The zero-order chi connectivity index (χ0) is 24.6. The normalized spacial score (nSPS) is 21.0. The topological polar surface area (TPSA) is 70.8 Å². The average Bonchev–Trinajstić information content (AvgIpc) is 3.77. The lowest BCUT2D eigenvalue weighted by atomic mass is 9.97. The summed E-state index contributed by atoms with van der Waals surface area (Å²) in [7, 11) is 0. The van der Waals surface area contributed by atoms with Crippen molar-refractivity contribution in [3.63, 3.8) is 0 Å². The molecule has 2 amide bonds. The van der Waals surface area contributed by atoms with Gasteiger partial charge in [0.25, 0.3) is 5.91 Å². The number of rotatable bonds is 6. The third kappa shape index (κ3) is 3.55. The highest BCUT2D eigenvalue weighted by Gasteiger charge is 2.57. The molecule has 7 nitrogen and oxygen atoms in total. The van der Waals surface area contributed by atoms with Crippen molar-refractivity contribution >= 4 is 28.6 Å². The molecule has 2 aliphatic carbocycles. The molecule has 3 fully saturated rings. The quantitative estimate of drug-likeness (QED) is 0.528. The molecule has 1 saturated heterocycles. The van der Waals surface area contributed by atoms with Gasteiger partial charge in [-0.1, -0.05) is 30.3 Å². The van der Waals surface area contributed by atoms with E-state index >= 15 is 0 Å². The monoisotopic (exact) mass is 481 g/mol. The van der Waals surface area contributed by atoms with Crippen LogP contribution in [0, 0.1) is 11.8 Å². The third-order valence-electron chi connectivity index (χ3n) is 8.11. The summed E-state index contributed by atoms with van der Waals surface area (Å²) in [6.07, 6.45) is 5.85. The minimum atomic E-state index is -0.525. The summed E-state index contributed by atoms with van der Waals surface area (Å²) in [5.41, 5.74) is 3.73. The van der Waals surface area contributed by atoms with Crippen molar-refractivity contribution < 1.29 is 9.59 Å². The van der Waals surface area contributed by atoms with Crippen LogP contribution < -0.4 is 0 Å². The number of aromatic nitrogens is 2. The first-order valence-corrected chi connectivity index (χ1v) is 13.2. The number of carbonyl (C=O) groups is 2. The number of carbonyl (C=O) groups excluding carboxylic acids is 2. The maximum Gasteiger partial charge on any atom is 0.256 e. The zero-order valence-corrected chi connectivity index (χ0v) is 20.9. The number of likely N-dealkylation sites (tertiary alicyclic amines) is 1. The molecule has 7 rings (SSSR count). The Morgan fingerprint density at radius 2 is 1.72 bits per heavy atom. The first-order valence-electron chi connectivity index (χ1n) is 13.2. The fraction of sp³-hybridized carbons (Fsp3) is 0.448. The first kappa shape index (κ1) is 21.8. The Bertz CT molecular complexity index is 1410. The standard InChI is InChI=1S/C29H31N5O2/c1-18(2)34-17-24-13-23(9-10-25(24)31-34)20-3-5-21(6-4-20)26-30-29(11-12-29)28(36)33(26)16-19-14-32(15-19)27(35)22-7-8-22/h3-6,9-10,13,17-19,22H,7-8,11-12,14-16H2,1-2H3. The van der Waals surface area contributed by atoms with Crippen molar-refractivity contribution in [1.29, 1.82) is 0 Å². The number of fused-ring (bicyclic) bond motifs is 1. The van der Waals surface area contributed by atoms with Gasteiger partial charge in [0.05, 0.1) is 5.52 Å². The predicted octanol–water partition coefficient (Wildman–Crippen LogP) is 4.27.